The summed E-state index contributed by atoms with van der Waals surface area (Å²) in [6.07, 6.45) is 2.03. The number of nitrogens with zero attached hydrogens (tertiary/aromatic N) is 1. The normalized spacial score (nSPS) is 26.6. The van der Waals surface area contributed by atoms with Crippen LogP contribution in [0.3, 0.4) is 0 Å². The van der Waals surface area contributed by atoms with Crippen LogP contribution in [0, 0.1) is 0 Å². The van der Waals surface area contributed by atoms with Gasteiger partial charge in [0.1, 0.15) is 0 Å². The Morgan fingerprint density at radius 3 is 2.75 bits per heavy atom. The third-order valence-corrected chi connectivity index (χ3v) is 3.55. The van der Waals surface area contributed by atoms with Crippen molar-refractivity contribution in [1.29, 1.82) is 0 Å². The summed E-state index contributed by atoms with van der Waals surface area (Å²) in [6.45, 7) is 0.568. The summed E-state index contributed by atoms with van der Waals surface area (Å²) >= 11 is 3.32. The van der Waals surface area contributed by atoms with Crippen LogP contribution in [0.5, 0.6) is 0 Å². The topological polar surface area (TPSA) is 12.5 Å². The Hall–Kier alpha value is 0.260. The number of hydrogen-bond donors (Lipinski definition) is 0. The molecule has 16 heavy (non-hydrogen) atoms. The summed E-state index contributed by atoms with van der Waals surface area (Å²) in [7, 11) is 1.70. The molecular weight excluding hydrogens is 280 g/mol. The van der Waals surface area contributed by atoms with Crippen molar-refractivity contribution in [3.8, 4) is 0 Å². The maximum Gasteiger partial charge on any atom is 0.251 e. The lowest BCUT2D eigenvalue weighted by Gasteiger charge is -2.36. The molecule has 0 aliphatic heterocycles. The van der Waals surface area contributed by atoms with Crippen LogP contribution >= 0.6 is 15.9 Å². The Morgan fingerprint density at radius 1 is 1.44 bits per heavy atom. The fraction of sp³-hybridized carbons (Fsp3) is 1.00. The highest BCUT2D eigenvalue weighted by Crippen LogP contribution is 2.25. The first-order valence-corrected chi connectivity index (χ1v) is 6.90. The monoisotopic (exact) mass is 299 g/mol. The van der Waals surface area contributed by atoms with Gasteiger partial charge in [0, 0.05) is 25.0 Å². The standard InChI is InChI=1S/C11H20BrF2NO/c1-16-10-4-2-3-9(7-10)15(6-5-12)8-11(13)14/h9-11H,2-8H2,1H3. The van der Waals surface area contributed by atoms with Crippen LogP contribution in [0.4, 0.5) is 8.78 Å². The number of ether oxygens (including phenoxy) is 1. The first-order valence-electron chi connectivity index (χ1n) is 5.78. The minimum Gasteiger partial charge on any atom is -0.381 e. The second-order valence-electron chi connectivity index (χ2n) is 4.25. The van der Waals surface area contributed by atoms with E-state index in [2.05, 4.69) is 15.9 Å². The van der Waals surface area contributed by atoms with E-state index < -0.39 is 6.43 Å². The van der Waals surface area contributed by atoms with Gasteiger partial charge in [-0.05, 0) is 25.7 Å². The molecule has 0 aromatic rings. The van der Waals surface area contributed by atoms with E-state index in [1.165, 1.54) is 0 Å². The van der Waals surface area contributed by atoms with E-state index in [1.54, 1.807) is 7.11 Å². The molecule has 0 bridgehead atoms. The van der Waals surface area contributed by atoms with Gasteiger partial charge in [0.25, 0.3) is 6.43 Å². The van der Waals surface area contributed by atoms with E-state index in [4.69, 9.17) is 4.74 Å². The molecule has 2 atom stereocenters. The molecule has 0 aromatic carbocycles. The lowest BCUT2D eigenvalue weighted by molar-refractivity contribution is 0.00849. The zero-order chi connectivity index (χ0) is 12.0. The van der Waals surface area contributed by atoms with E-state index in [1.807, 2.05) is 4.90 Å². The zero-order valence-corrected chi connectivity index (χ0v) is 11.3. The van der Waals surface area contributed by atoms with Crippen molar-refractivity contribution in [2.24, 2.45) is 0 Å². The Labute approximate surface area is 104 Å². The summed E-state index contributed by atoms with van der Waals surface area (Å²) in [5.41, 5.74) is 0. The maximum absolute atomic E-state index is 12.5. The van der Waals surface area contributed by atoms with Gasteiger partial charge in [-0.1, -0.05) is 15.9 Å². The number of methoxy groups -OCH3 is 1. The predicted molar refractivity (Wildman–Crippen MR) is 64.4 cm³/mol. The Bertz CT molecular complexity index is 195. The largest absolute Gasteiger partial charge is 0.381 e. The van der Waals surface area contributed by atoms with Crippen molar-refractivity contribution >= 4 is 15.9 Å². The average molecular weight is 300 g/mol. The van der Waals surface area contributed by atoms with Crippen molar-refractivity contribution in [1.82, 2.24) is 4.90 Å². The van der Waals surface area contributed by atoms with Gasteiger partial charge in [-0.2, -0.15) is 0 Å². The highest BCUT2D eigenvalue weighted by molar-refractivity contribution is 9.09. The molecule has 0 radical (unpaired) electrons. The van der Waals surface area contributed by atoms with E-state index in [9.17, 15) is 8.78 Å². The van der Waals surface area contributed by atoms with Crippen molar-refractivity contribution < 1.29 is 13.5 Å². The SMILES string of the molecule is COC1CCCC(N(CCBr)CC(F)F)C1. The van der Waals surface area contributed by atoms with Crippen LogP contribution in [0.2, 0.25) is 0 Å². The van der Waals surface area contributed by atoms with Gasteiger partial charge in [0.05, 0.1) is 12.6 Å². The van der Waals surface area contributed by atoms with Gasteiger partial charge >= 0.3 is 0 Å². The summed E-state index contributed by atoms with van der Waals surface area (Å²) in [6, 6.07) is 0.255. The van der Waals surface area contributed by atoms with Crippen LogP contribution in [0.25, 0.3) is 0 Å². The van der Waals surface area contributed by atoms with Crippen LogP contribution in [-0.2, 0) is 4.74 Å². The van der Waals surface area contributed by atoms with Gasteiger partial charge in [0.2, 0.25) is 0 Å². The Balaban J connectivity index is 2.48. The first-order chi connectivity index (χ1) is 7.67. The fourth-order valence-corrected chi connectivity index (χ4v) is 2.83. The molecule has 0 N–H and O–H groups in total. The molecule has 1 rings (SSSR count). The first kappa shape index (κ1) is 14.3. The molecule has 0 heterocycles. The van der Waals surface area contributed by atoms with Crippen LogP contribution in [0.15, 0.2) is 0 Å². The number of alkyl halides is 3. The molecule has 1 saturated carbocycles. The second-order valence-corrected chi connectivity index (χ2v) is 5.05. The van der Waals surface area contributed by atoms with Gasteiger partial charge in [-0.25, -0.2) is 8.78 Å². The highest BCUT2D eigenvalue weighted by atomic mass is 79.9. The van der Waals surface area contributed by atoms with Gasteiger partial charge in [-0.15, -0.1) is 0 Å². The van der Waals surface area contributed by atoms with Crippen molar-refractivity contribution in [2.75, 3.05) is 25.5 Å². The summed E-state index contributed by atoms with van der Waals surface area (Å²) < 4.78 is 30.2. The molecule has 2 nitrogen and oxygen atoms in total. The van der Waals surface area contributed by atoms with Crippen LogP contribution in [-0.4, -0.2) is 49.0 Å². The van der Waals surface area contributed by atoms with Gasteiger partial charge in [0.15, 0.2) is 0 Å². The van der Waals surface area contributed by atoms with E-state index >= 15 is 0 Å². The number of halogens is 3. The van der Waals surface area contributed by atoms with Crippen molar-refractivity contribution in [3.05, 3.63) is 0 Å². The second kappa shape index (κ2) is 7.56. The highest BCUT2D eigenvalue weighted by Gasteiger charge is 2.27. The average Bonchev–Trinajstić information content (AvgIpc) is 2.28. The molecule has 2 unspecified atom stereocenters. The Kier molecular flexibility index (Phi) is 6.77. The lowest BCUT2D eigenvalue weighted by Crippen LogP contribution is -2.43. The quantitative estimate of drug-likeness (QED) is 0.699. The predicted octanol–water partition coefficient (Wildman–Crippen LogP) is 2.91. The molecule has 0 spiro atoms. The van der Waals surface area contributed by atoms with Crippen molar-refractivity contribution in [3.63, 3.8) is 0 Å². The molecule has 1 aliphatic rings. The maximum atomic E-state index is 12.5. The zero-order valence-electron chi connectivity index (χ0n) is 9.67. The van der Waals surface area contributed by atoms with Crippen molar-refractivity contribution in [2.45, 2.75) is 44.3 Å². The molecule has 0 saturated heterocycles. The molecule has 5 heteroatoms. The molecule has 1 aliphatic carbocycles. The summed E-state index contributed by atoms with van der Waals surface area (Å²) in [5.74, 6) is 0. The summed E-state index contributed by atoms with van der Waals surface area (Å²) in [5, 5.41) is 0.744. The molecule has 0 aromatic heterocycles. The minimum atomic E-state index is -2.25. The molecular formula is C11H20BrF2NO. The molecule has 96 valence electrons. The van der Waals surface area contributed by atoms with Crippen LogP contribution in [0.1, 0.15) is 25.7 Å². The van der Waals surface area contributed by atoms with E-state index in [0.29, 0.717) is 6.54 Å². The third-order valence-electron chi connectivity index (χ3n) is 3.19. The minimum absolute atomic E-state index is 0.118. The van der Waals surface area contributed by atoms with Gasteiger partial charge < -0.3 is 4.74 Å². The number of hydrogen-bond acceptors (Lipinski definition) is 2. The van der Waals surface area contributed by atoms with E-state index in [0.717, 1.165) is 31.0 Å². The molecule has 1 fully saturated rings. The van der Waals surface area contributed by atoms with E-state index in [-0.39, 0.29) is 18.7 Å². The number of rotatable bonds is 6. The van der Waals surface area contributed by atoms with Gasteiger partial charge in [-0.3, -0.25) is 4.90 Å². The van der Waals surface area contributed by atoms with Crippen LogP contribution < -0.4 is 0 Å². The fourth-order valence-electron chi connectivity index (χ4n) is 2.37. The summed E-state index contributed by atoms with van der Waals surface area (Å²) in [4.78, 5) is 1.89. The smallest absolute Gasteiger partial charge is 0.251 e. The third kappa shape index (κ3) is 4.63. The molecule has 0 amide bonds. The lowest BCUT2D eigenvalue weighted by atomic mass is 9.91. The Morgan fingerprint density at radius 2 is 2.19 bits per heavy atom.